The fraction of sp³-hybridized carbons (Fsp3) is 0.266. The van der Waals surface area contributed by atoms with E-state index in [1.54, 1.807) is 89.7 Å². The van der Waals surface area contributed by atoms with Gasteiger partial charge in [0.2, 0.25) is 0 Å². The van der Waals surface area contributed by atoms with Gasteiger partial charge in [0.05, 0.1) is 78.6 Å². The molecule has 2 atom stereocenters. The van der Waals surface area contributed by atoms with Gasteiger partial charge in [-0.15, -0.1) is 0 Å². The van der Waals surface area contributed by atoms with Gasteiger partial charge in [0.25, 0.3) is 0 Å². The standard InChI is InChI=1S/C20H17ClFN3O.C19H19N3O.C18H14ClN5O.C18H14F3N3O.C18H18N4O.CH4/c21-14-3-1-2-4-17(14)25-18-9-12(11-5-6-11)7-8-13(18)19(24-20(25)26)23-16-10-15(16)22;1-12-5-3-4-6-16(12)22-17-11-14(13-7-8-13)9-10-15(17)18(20-2)21-19(22)23;1-21-17-13-7-11(9-20)12(10-4-5-10)8-15(13)24(18(25)23-17)14-3-2-6-22-16(14)19;19-18(20,21)13-3-1-2-4-14(13)24-15-9-11(10-5-6-10)7-8-12(15)16(22)23-17(24)25;1-11-4-3-9-20-17(11)22-15-10-13(12-5-6-12)7-8-14(15)16(19-2)21-18(22)23;/h1-4,7-9,11,15-16H,5-6,10H2,(H,23,24,26);3-6,9-11,13H,7-8H2,1-2H3,(H,20,21,23);2-3,6-8,10H,4-5H2,1H3,(H,21,23,25);1-4,7-10H,5-6H2,(H2,22,23,25);3-4,7-10,12H,5-6H2,1-2H3,(H,19,21,23);1H4/t15-,16+;;;;;/m1...../s1. The Morgan fingerprint density at radius 1 is 0.439 bits per heavy atom. The zero-order chi connectivity index (χ0) is 85.1. The van der Waals surface area contributed by atoms with Gasteiger partial charge in [-0.3, -0.25) is 18.3 Å². The summed E-state index contributed by atoms with van der Waals surface area (Å²) < 4.78 is 60.9. The molecule has 0 unspecified atom stereocenters. The minimum Gasteiger partial charge on any atom is -0.383 e. The summed E-state index contributed by atoms with van der Waals surface area (Å²) in [6.45, 7) is 3.97. The van der Waals surface area contributed by atoms with E-state index in [0.29, 0.717) is 109 Å². The molecule has 6 fully saturated rings. The average Bonchev–Trinajstić information content (AvgIpc) is 1.12. The number of nitrogens with two attached hydrogens (primary N) is 1. The maximum Gasteiger partial charge on any atom is 0.418 e. The Bertz CT molecular complexity index is 6910. The maximum atomic E-state index is 13.4. The number of alkyl halides is 4. The molecule has 6 aliphatic rings. The lowest BCUT2D eigenvalue weighted by molar-refractivity contribution is -0.137. The van der Waals surface area contributed by atoms with Gasteiger partial charge in [0, 0.05) is 66.9 Å². The number of rotatable bonds is 15. The number of aryl methyl sites for hydroxylation is 2. The summed E-state index contributed by atoms with van der Waals surface area (Å²) >= 11 is 12.6. The second-order valence-corrected chi connectivity index (χ2v) is 32.2. The number of benzene rings is 8. The zero-order valence-corrected chi connectivity index (χ0v) is 68.5. The quantitative estimate of drug-likeness (QED) is 0.0470. The average molecular weight is 1690 g/mol. The number of pyridine rings is 2. The molecule has 0 bridgehead atoms. The van der Waals surface area contributed by atoms with Crippen molar-refractivity contribution in [3.63, 3.8) is 0 Å². The molecule has 6 aliphatic carbocycles. The van der Waals surface area contributed by atoms with Gasteiger partial charge >= 0.3 is 34.6 Å². The summed E-state index contributed by atoms with van der Waals surface area (Å²) in [5.74, 6) is 5.37. The molecule has 15 aromatic rings. The van der Waals surface area contributed by atoms with Crippen LogP contribution in [0.1, 0.15) is 158 Å². The molecular formula is C94H86Cl2F4N18O5. The first-order chi connectivity index (χ1) is 59.0. The van der Waals surface area contributed by atoms with Crippen molar-refractivity contribution in [2.45, 2.75) is 140 Å². The summed E-state index contributed by atoms with van der Waals surface area (Å²) in [7, 11) is 5.28. The molecule has 23 nitrogen and oxygen atoms in total. The molecule has 624 valence electrons. The van der Waals surface area contributed by atoms with E-state index >= 15 is 0 Å². The van der Waals surface area contributed by atoms with Crippen molar-refractivity contribution in [1.82, 2.24) is 57.7 Å². The molecule has 6 saturated carbocycles. The van der Waals surface area contributed by atoms with Crippen LogP contribution in [0.2, 0.25) is 10.2 Å². The first kappa shape index (κ1) is 83.2. The molecule has 0 spiro atoms. The highest BCUT2D eigenvalue weighted by Gasteiger charge is 2.39. The lowest BCUT2D eigenvalue weighted by Gasteiger charge is -2.17. The number of aromatic nitrogens is 12. The Morgan fingerprint density at radius 3 is 1.32 bits per heavy atom. The van der Waals surface area contributed by atoms with Crippen LogP contribution in [0, 0.1) is 25.2 Å². The van der Waals surface area contributed by atoms with E-state index in [0.717, 1.165) is 97.0 Å². The smallest absolute Gasteiger partial charge is 0.383 e. The number of fused-ring (bicyclic) bond motifs is 5. The van der Waals surface area contributed by atoms with Crippen LogP contribution >= 0.6 is 23.2 Å². The third kappa shape index (κ3) is 17.1. The molecule has 21 rings (SSSR count). The topological polar surface area (TPSA) is 298 Å². The van der Waals surface area contributed by atoms with Crippen LogP contribution in [-0.4, -0.2) is 91.1 Å². The monoisotopic (exact) mass is 1690 g/mol. The van der Waals surface area contributed by atoms with E-state index in [-0.39, 0.29) is 41.5 Å². The lowest BCUT2D eigenvalue weighted by Crippen LogP contribution is -2.25. The Morgan fingerprint density at radius 2 is 0.829 bits per heavy atom. The van der Waals surface area contributed by atoms with Crippen molar-refractivity contribution in [2.75, 3.05) is 48.1 Å². The van der Waals surface area contributed by atoms with E-state index in [1.165, 1.54) is 78.0 Å². The van der Waals surface area contributed by atoms with Crippen molar-refractivity contribution in [1.29, 1.82) is 5.26 Å². The fourth-order valence-corrected chi connectivity index (χ4v) is 16.1. The van der Waals surface area contributed by atoms with Gasteiger partial charge in [-0.25, -0.2) is 42.9 Å². The summed E-state index contributed by atoms with van der Waals surface area (Å²) in [4.78, 5) is 92.1. The number of nitrogens with one attached hydrogen (secondary N) is 4. The first-order valence-electron chi connectivity index (χ1n) is 40.5. The normalized spacial score (nSPS) is 15.7. The molecule has 29 heteroatoms. The number of nitriles is 1. The number of hydrogen-bond donors (Lipinski definition) is 5. The minimum atomic E-state index is -4.59. The number of hydrogen-bond acceptors (Lipinski definition) is 18. The highest BCUT2D eigenvalue weighted by Crippen LogP contribution is 2.47. The highest BCUT2D eigenvalue weighted by molar-refractivity contribution is 6.32. The molecular weight excluding hydrogens is 1610 g/mol. The maximum absolute atomic E-state index is 13.4. The summed E-state index contributed by atoms with van der Waals surface area (Å²) in [5.41, 5.74) is 16.4. The van der Waals surface area contributed by atoms with Gasteiger partial charge < -0.3 is 27.0 Å². The van der Waals surface area contributed by atoms with Crippen LogP contribution in [0.4, 0.5) is 46.7 Å². The largest absolute Gasteiger partial charge is 0.418 e. The summed E-state index contributed by atoms with van der Waals surface area (Å²) in [6, 6.07) is 57.3. The molecule has 6 N–H and O–H groups in total. The van der Waals surface area contributed by atoms with Crippen LogP contribution in [-0.2, 0) is 6.18 Å². The lowest BCUT2D eigenvalue weighted by atomic mass is 10.0. The van der Waals surface area contributed by atoms with Gasteiger partial charge in [-0.2, -0.15) is 43.4 Å². The Kier molecular flexibility index (Phi) is 23.2. The van der Waals surface area contributed by atoms with Crippen LogP contribution in [0.15, 0.2) is 218 Å². The van der Waals surface area contributed by atoms with Crippen molar-refractivity contribution in [3.05, 3.63) is 307 Å². The predicted molar refractivity (Wildman–Crippen MR) is 478 cm³/mol. The van der Waals surface area contributed by atoms with Gasteiger partial charge in [0.1, 0.15) is 41.1 Å². The second-order valence-electron chi connectivity index (χ2n) is 31.4. The van der Waals surface area contributed by atoms with Crippen molar-refractivity contribution in [2.24, 2.45) is 0 Å². The molecule has 7 aromatic heterocycles. The number of anilines is 5. The molecule has 0 radical (unpaired) electrons. The molecule has 0 aliphatic heterocycles. The van der Waals surface area contributed by atoms with Gasteiger partial charge in [0.15, 0.2) is 5.15 Å². The Balaban J connectivity index is 0.000000114. The number of halogens is 6. The Labute approximate surface area is 713 Å². The third-order valence-electron chi connectivity index (χ3n) is 22.9. The predicted octanol–water partition coefficient (Wildman–Crippen LogP) is 18.8. The van der Waals surface area contributed by atoms with Crippen molar-refractivity contribution in [3.8, 4) is 34.6 Å². The summed E-state index contributed by atoms with van der Waals surface area (Å²) in [6.07, 6.45) is 9.73. The van der Waals surface area contributed by atoms with Crippen LogP contribution < -0.4 is 55.4 Å². The SMILES string of the molecule is C.CNc1nc(=O)n(-c2ccccc2C)c2cc(C3CC3)ccc12.CNc1nc(=O)n(-c2cccnc2Cl)c2cc(C3CC3)c(C#N)cc12.CNc1nc(=O)n(-c2ncccc2C)c2cc(C3CC3)ccc12.Nc1nc(=O)n(-c2ccccc2C(F)(F)F)c2cc(C3CC3)ccc12.O=c1nc(N[C@H]2C[C@H]2F)c2ccc(C3CC3)cc2n1-c1ccccc1Cl. The van der Waals surface area contributed by atoms with Crippen LogP contribution in [0.25, 0.3) is 83.1 Å². The molecule has 0 amide bonds. The first-order valence-corrected chi connectivity index (χ1v) is 41.2. The van der Waals surface area contributed by atoms with Crippen LogP contribution in [0.3, 0.4) is 0 Å². The fourth-order valence-electron chi connectivity index (χ4n) is 15.7. The van der Waals surface area contributed by atoms with Crippen molar-refractivity contribution >= 4 is 107 Å². The van der Waals surface area contributed by atoms with E-state index in [9.17, 15) is 46.8 Å². The van der Waals surface area contributed by atoms with E-state index in [4.69, 9.17) is 28.9 Å². The molecule has 7 heterocycles. The van der Waals surface area contributed by atoms with Gasteiger partial charge in [-0.05, 0) is 256 Å². The molecule has 123 heavy (non-hydrogen) atoms. The number of nitrogen functional groups attached to an aromatic ring is 1. The molecule has 0 saturated heterocycles. The minimum absolute atomic E-state index is 0. The van der Waals surface area contributed by atoms with Crippen LogP contribution in [0.5, 0.6) is 0 Å². The van der Waals surface area contributed by atoms with E-state index in [1.807, 2.05) is 86.6 Å². The van der Waals surface area contributed by atoms with Crippen molar-refractivity contribution < 1.29 is 17.6 Å². The van der Waals surface area contributed by atoms with E-state index < -0.39 is 35.0 Å². The zero-order valence-electron chi connectivity index (χ0n) is 67.0. The Hall–Kier alpha value is -13.5. The third-order valence-corrected chi connectivity index (χ3v) is 23.5. The summed E-state index contributed by atoms with van der Waals surface area (Å²) in [5, 5.41) is 26.2. The van der Waals surface area contributed by atoms with Gasteiger partial charge in [-0.1, -0.05) is 103 Å². The number of para-hydroxylation sites is 3. The van der Waals surface area contributed by atoms with E-state index in [2.05, 4.69) is 105 Å². The second kappa shape index (κ2) is 34.2. The highest BCUT2D eigenvalue weighted by atomic mass is 35.5. The number of nitrogens with zero attached hydrogens (tertiary/aromatic N) is 13. The molecule has 8 aromatic carbocycles.